The third kappa shape index (κ3) is 6.66. The van der Waals surface area contributed by atoms with Gasteiger partial charge >= 0.3 is 0 Å². The maximum atomic E-state index is 12.4. The lowest BCUT2D eigenvalue weighted by atomic mass is 10.1. The molecule has 0 aliphatic carbocycles. The molecule has 1 amide bonds. The zero-order valence-electron chi connectivity index (χ0n) is 15.6. The summed E-state index contributed by atoms with van der Waals surface area (Å²) in [5, 5.41) is 3.06. The van der Waals surface area contributed by atoms with Gasteiger partial charge in [0.05, 0.1) is 6.54 Å². The fourth-order valence-corrected chi connectivity index (χ4v) is 3.07. The Kier molecular flexibility index (Phi) is 11.0. The van der Waals surface area contributed by atoms with Crippen LogP contribution in [0, 0.1) is 13.8 Å². The number of carbonyl (C=O) groups excluding carboxylic acids is 1. The average molecular weight is 415 g/mol. The molecule has 8 heteroatoms. The molecule has 1 fully saturated rings. The van der Waals surface area contributed by atoms with Crippen LogP contribution in [-0.4, -0.2) is 54.0 Å². The van der Waals surface area contributed by atoms with Crippen LogP contribution in [0.4, 0.5) is 11.5 Å². The third-order valence-electron chi connectivity index (χ3n) is 4.46. The third-order valence-corrected chi connectivity index (χ3v) is 4.46. The molecule has 0 saturated carbocycles. The number of aromatic nitrogens is 1. The summed E-state index contributed by atoms with van der Waals surface area (Å²) in [4.78, 5) is 21.2. The normalized spacial score (nSPS) is 13.6. The van der Waals surface area contributed by atoms with E-state index in [1.165, 1.54) is 0 Å². The number of piperazine rings is 1. The Morgan fingerprint density at radius 2 is 1.63 bits per heavy atom. The van der Waals surface area contributed by atoms with Crippen molar-refractivity contribution in [2.75, 3.05) is 42.9 Å². The highest BCUT2D eigenvalue weighted by Crippen LogP contribution is 2.19. The Hall–Kier alpha value is -1.86. The molecule has 3 rings (SSSR count). The Morgan fingerprint density at radius 1 is 1.00 bits per heavy atom. The van der Waals surface area contributed by atoms with Gasteiger partial charge < -0.3 is 15.7 Å². The summed E-state index contributed by atoms with van der Waals surface area (Å²) < 4.78 is 0. The predicted octanol–water partition coefficient (Wildman–Crippen LogP) is 2.48. The standard InChI is InChI=1S/C19H24N4O.2ClH.H2O/c1-15-6-5-7-16(2)19(15)21-18(24)14-22-10-12-23(13-11-22)17-8-3-4-9-20-17;;;/h3-9H,10-14H2,1-2H3,(H,21,24);2*1H;1H2. The second kappa shape index (κ2) is 11.8. The first-order chi connectivity index (χ1) is 11.6. The van der Waals surface area contributed by atoms with E-state index >= 15 is 0 Å². The maximum absolute atomic E-state index is 12.4. The molecule has 6 nitrogen and oxygen atoms in total. The van der Waals surface area contributed by atoms with Gasteiger partial charge in [-0.1, -0.05) is 24.3 Å². The Balaban J connectivity index is 0.00000225. The Bertz CT molecular complexity index is 688. The molecule has 0 atom stereocenters. The molecule has 0 spiro atoms. The van der Waals surface area contributed by atoms with Crippen molar-refractivity contribution >= 4 is 42.2 Å². The number of halogens is 2. The van der Waals surface area contributed by atoms with Gasteiger partial charge in [-0.15, -0.1) is 24.8 Å². The lowest BCUT2D eigenvalue weighted by Gasteiger charge is -2.35. The van der Waals surface area contributed by atoms with E-state index in [4.69, 9.17) is 0 Å². The van der Waals surface area contributed by atoms with Crippen LogP contribution in [0.2, 0.25) is 0 Å². The summed E-state index contributed by atoms with van der Waals surface area (Å²) in [6.45, 7) is 8.02. The van der Waals surface area contributed by atoms with Crippen LogP contribution < -0.4 is 10.2 Å². The minimum Gasteiger partial charge on any atom is -0.412 e. The quantitative estimate of drug-likeness (QED) is 0.832. The van der Waals surface area contributed by atoms with Crippen LogP contribution >= 0.6 is 24.8 Å². The summed E-state index contributed by atoms with van der Waals surface area (Å²) in [5.74, 6) is 1.07. The van der Waals surface area contributed by atoms with Crippen LogP contribution in [-0.2, 0) is 4.79 Å². The van der Waals surface area contributed by atoms with Crippen molar-refractivity contribution in [1.29, 1.82) is 0 Å². The molecule has 1 saturated heterocycles. The number of rotatable bonds is 4. The smallest absolute Gasteiger partial charge is 0.238 e. The van der Waals surface area contributed by atoms with Gasteiger partial charge in [-0.3, -0.25) is 9.69 Å². The summed E-state index contributed by atoms with van der Waals surface area (Å²) >= 11 is 0. The van der Waals surface area contributed by atoms with E-state index in [0.29, 0.717) is 6.54 Å². The molecule has 2 heterocycles. The number of carbonyl (C=O) groups is 1. The highest BCUT2D eigenvalue weighted by atomic mass is 35.5. The Labute approximate surface area is 173 Å². The van der Waals surface area contributed by atoms with Gasteiger partial charge in [0.25, 0.3) is 0 Å². The largest absolute Gasteiger partial charge is 0.412 e. The zero-order chi connectivity index (χ0) is 16.9. The summed E-state index contributed by atoms with van der Waals surface area (Å²) in [7, 11) is 0. The SMILES string of the molecule is Cc1cccc(C)c1NC(=O)CN1CCN(c2ccccn2)CC1.Cl.Cl.O. The number of hydrogen-bond acceptors (Lipinski definition) is 4. The molecule has 0 unspecified atom stereocenters. The van der Waals surface area contributed by atoms with Crippen LogP contribution in [0.15, 0.2) is 42.6 Å². The van der Waals surface area contributed by atoms with Crippen LogP contribution in [0.3, 0.4) is 0 Å². The van der Waals surface area contributed by atoms with Crippen molar-refractivity contribution in [3.8, 4) is 0 Å². The fraction of sp³-hybridized carbons (Fsp3) is 0.368. The van der Waals surface area contributed by atoms with Crippen LogP contribution in [0.5, 0.6) is 0 Å². The molecular formula is C19H28Cl2N4O2. The first-order valence-electron chi connectivity index (χ1n) is 8.38. The number of hydrogen-bond donors (Lipinski definition) is 1. The predicted molar refractivity (Wildman–Crippen MR) is 116 cm³/mol. The first-order valence-corrected chi connectivity index (χ1v) is 8.38. The summed E-state index contributed by atoms with van der Waals surface area (Å²) in [5.41, 5.74) is 3.14. The van der Waals surface area contributed by atoms with Gasteiger partial charge in [0.2, 0.25) is 5.91 Å². The van der Waals surface area contributed by atoms with E-state index in [-0.39, 0.29) is 36.2 Å². The van der Waals surface area contributed by atoms with E-state index in [1.807, 2.05) is 56.4 Å². The maximum Gasteiger partial charge on any atom is 0.238 e. The number of pyridine rings is 1. The van der Waals surface area contributed by atoms with E-state index < -0.39 is 0 Å². The number of para-hydroxylation sites is 1. The lowest BCUT2D eigenvalue weighted by Crippen LogP contribution is -2.49. The second-order valence-corrected chi connectivity index (χ2v) is 6.27. The fourth-order valence-electron chi connectivity index (χ4n) is 3.07. The number of aryl methyl sites for hydroxylation is 2. The topological polar surface area (TPSA) is 80.0 Å². The highest BCUT2D eigenvalue weighted by molar-refractivity contribution is 5.93. The molecular weight excluding hydrogens is 387 g/mol. The number of amides is 1. The second-order valence-electron chi connectivity index (χ2n) is 6.27. The molecule has 2 aromatic rings. The van der Waals surface area contributed by atoms with Crippen molar-refractivity contribution in [3.63, 3.8) is 0 Å². The number of benzene rings is 1. The monoisotopic (exact) mass is 414 g/mol. The number of anilines is 2. The van der Waals surface area contributed by atoms with Crippen molar-refractivity contribution in [1.82, 2.24) is 9.88 Å². The summed E-state index contributed by atoms with van der Waals surface area (Å²) in [6.07, 6.45) is 1.82. The Morgan fingerprint density at radius 3 is 2.19 bits per heavy atom. The minimum absolute atomic E-state index is 0. The molecule has 1 aromatic carbocycles. The number of nitrogens with zero attached hydrogens (tertiary/aromatic N) is 3. The van der Waals surface area contributed by atoms with Crippen LogP contribution in [0.25, 0.3) is 0 Å². The number of nitrogens with one attached hydrogen (secondary N) is 1. The molecule has 150 valence electrons. The summed E-state index contributed by atoms with van der Waals surface area (Å²) in [6, 6.07) is 12.0. The van der Waals surface area contributed by atoms with E-state index in [0.717, 1.165) is 48.8 Å². The first kappa shape index (κ1) is 25.1. The van der Waals surface area contributed by atoms with Gasteiger partial charge in [0.1, 0.15) is 5.82 Å². The van der Waals surface area contributed by atoms with Gasteiger partial charge in [0.15, 0.2) is 0 Å². The van der Waals surface area contributed by atoms with E-state index in [2.05, 4.69) is 20.1 Å². The molecule has 1 aliphatic rings. The molecule has 0 bridgehead atoms. The van der Waals surface area contributed by atoms with Crippen molar-refractivity contribution < 1.29 is 10.3 Å². The van der Waals surface area contributed by atoms with E-state index in [1.54, 1.807) is 0 Å². The van der Waals surface area contributed by atoms with Crippen molar-refractivity contribution in [2.24, 2.45) is 0 Å². The van der Waals surface area contributed by atoms with Gasteiger partial charge in [0, 0.05) is 38.1 Å². The molecule has 3 N–H and O–H groups in total. The molecule has 1 aromatic heterocycles. The lowest BCUT2D eigenvalue weighted by molar-refractivity contribution is -0.117. The van der Waals surface area contributed by atoms with Crippen LogP contribution in [0.1, 0.15) is 11.1 Å². The average Bonchev–Trinajstić information content (AvgIpc) is 2.60. The molecule has 27 heavy (non-hydrogen) atoms. The highest BCUT2D eigenvalue weighted by Gasteiger charge is 2.20. The van der Waals surface area contributed by atoms with Crippen molar-refractivity contribution in [3.05, 3.63) is 53.7 Å². The van der Waals surface area contributed by atoms with Gasteiger partial charge in [-0.05, 0) is 37.1 Å². The van der Waals surface area contributed by atoms with Crippen molar-refractivity contribution in [2.45, 2.75) is 13.8 Å². The van der Waals surface area contributed by atoms with Gasteiger partial charge in [-0.2, -0.15) is 0 Å². The zero-order valence-corrected chi connectivity index (χ0v) is 17.3. The molecule has 1 aliphatic heterocycles. The van der Waals surface area contributed by atoms with E-state index in [9.17, 15) is 4.79 Å². The van der Waals surface area contributed by atoms with Gasteiger partial charge in [-0.25, -0.2) is 4.98 Å². The molecule has 0 radical (unpaired) electrons. The minimum atomic E-state index is 0.